The van der Waals surface area contributed by atoms with Crippen LogP contribution in [-0.4, -0.2) is 24.3 Å². The molecule has 0 amide bonds. The second kappa shape index (κ2) is 5.35. The Morgan fingerprint density at radius 3 is 2.47 bits per heavy atom. The molecule has 1 unspecified atom stereocenters. The normalized spacial score (nSPS) is 15.5. The molecule has 1 atom stereocenters. The second-order valence-electron chi connectivity index (χ2n) is 4.22. The van der Waals surface area contributed by atoms with Crippen LogP contribution in [0.25, 0.3) is 0 Å². The Morgan fingerprint density at radius 2 is 2.00 bits per heavy atom. The zero-order valence-electron chi connectivity index (χ0n) is 9.56. The van der Waals surface area contributed by atoms with E-state index in [1.165, 1.54) is 6.92 Å². The highest BCUT2D eigenvalue weighted by Crippen LogP contribution is 2.24. The molecule has 1 aromatic carbocycles. The lowest BCUT2D eigenvalue weighted by molar-refractivity contribution is 0.422. The molecule has 1 aromatic rings. The minimum Gasteiger partial charge on any atom is -0.329 e. The first kappa shape index (κ1) is 14.4. The van der Waals surface area contributed by atoms with Crippen molar-refractivity contribution in [3.63, 3.8) is 0 Å². The van der Waals surface area contributed by atoms with E-state index in [1.807, 2.05) is 12.1 Å². The molecule has 0 saturated carbocycles. The van der Waals surface area contributed by atoms with Crippen molar-refractivity contribution in [2.75, 3.05) is 6.54 Å². The molecule has 0 heterocycles. The zero-order chi connectivity index (χ0) is 13.1. The molecule has 1 rings (SSSR count). The van der Waals surface area contributed by atoms with E-state index in [0.29, 0.717) is 11.4 Å². The molecule has 0 radical (unpaired) electrons. The average molecular weight is 278 g/mol. The van der Waals surface area contributed by atoms with Crippen LogP contribution in [0.1, 0.15) is 18.9 Å². The van der Waals surface area contributed by atoms with Crippen LogP contribution < -0.4 is 5.73 Å². The van der Waals surface area contributed by atoms with Gasteiger partial charge in [0.05, 0.1) is 0 Å². The minimum absolute atomic E-state index is 0.129. The predicted molar refractivity (Wildman–Crippen MR) is 68.8 cm³/mol. The van der Waals surface area contributed by atoms with Gasteiger partial charge in [-0.25, -0.2) is 0 Å². The number of aryl methyl sites for hydroxylation is 1. The van der Waals surface area contributed by atoms with Gasteiger partial charge in [0.15, 0.2) is 0 Å². The lowest BCUT2D eigenvalue weighted by Crippen LogP contribution is -2.42. The number of hydrogen-bond donors (Lipinski definition) is 2. The molecule has 0 fully saturated rings. The first-order valence-corrected chi connectivity index (χ1v) is 7.02. The topological polar surface area (TPSA) is 80.4 Å². The van der Waals surface area contributed by atoms with Crippen molar-refractivity contribution in [3.05, 3.63) is 34.9 Å². The summed E-state index contributed by atoms with van der Waals surface area (Å²) in [7, 11) is -4.17. The SMILES string of the molecule is CC(CN)(CCc1ccccc1Cl)S(=O)(=O)O. The smallest absolute Gasteiger partial charge is 0.271 e. The molecule has 0 aliphatic carbocycles. The van der Waals surface area contributed by atoms with Gasteiger partial charge in [0.2, 0.25) is 0 Å². The summed E-state index contributed by atoms with van der Waals surface area (Å²) in [6.45, 7) is 1.30. The van der Waals surface area contributed by atoms with Crippen LogP contribution in [-0.2, 0) is 16.5 Å². The van der Waals surface area contributed by atoms with E-state index in [4.69, 9.17) is 21.9 Å². The molecular formula is C11H16ClNO3S. The molecule has 0 spiro atoms. The molecule has 96 valence electrons. The number of benzene rings is 1. The van der Waals surface area contributed by atoms with Gasteiger partial charge in [-0.3, -0.25) is 4.55 Å². The lowest BCUT2D eigenvalue weighted by atomic mass is 10.0. The Labute approximate surface area is 107 Å². The minimum atomic E-state index is -4.17. The third-order valence-electron chi connectivity index (χ3n) is 2.94. The van der Waals surface area contributed by atoms with Crippen molar-refractivity contribution >= 4 is 21.7 Å². The van der Waals surface area contributed by atoms with Crippen LogP contribution >= 0.6 is 11.6 Å². The van der Waals surface area contributed by atoms with E-state index < -0.39 is 14.9 Å². The van der Waals surface area contributed by atoms with E-state index in [0.717, 1.165) is 5.56 Å². The van der Waals surface area contributed by atoms with E-state index in [-0.39, 0.29) is 13.0 Å². The van der Waals surface area contributed by atoms with Crippen LogP contribution in [0, 0.1) is 0 Å². The summed E-state index contributed by atoms with van der Waals surface area (Å²) in [6.07, 6.45) is 0.680. The maximum atomic E-state index is 11.2. The molecule has 17 heavy (non-hydrogen) atoms. The largest absolute Gasteiger partial charge is 0.329 e. The van der Waals surface area contributed by atoms with Crippen molar-refractivity contribution in [1.82, 2.24) is 0 Å². The third kappa shape index (κ3) is 3.42. The molecule has 0 aromatic heterocycles. The number of hydrogen-bond acceptors (Lipinski definition) is 3. The Bertz CT molecular complexity index is 489. The number of rotatable bonds is 5. The van der Waals surface area contributed by atoms with Crippen molar-refractivity contribution in [3.8, 4) is 0 Å². The Morgan fingerprint density at radius 1 is 1.41 bits per heavy atom. The van der Waals surface area contributed by atoms with E-state index in [9.17, 15) is 8.42 Å². The van der Waals surface area contributed by atoms with Gasteiger partial charge in [0, 0.05) is 11.6 Å². The fraction of sp³-hybridized carbons (Fsp3) is 0.455. The summed E-state index contributed by atoms with van der Waals surface area (Å²) in [5.74, 6) is 0. The molecule has 0 bridgehead atoms. The standard InChI is InChI=1S/C11H16ClNO3S/c1-11(8-13,17(14,15)16)7-6-9-4-2-3-5-10(9)12/h2-5H,6-8,13H2,1H3,(H,14,15,16). The average Bonchev–Trinajstić information content (AvgIpc) is 2.26. The Hall–Kier alpha value is -0.620. The summed E-state index contributed by atoms with van der Waals surface area (Å²) in [4.78, 5) is 0. The molecule has 0 aliphatic heterocycles. The molecule has 4 nitrogen and oxygen atoms in total. The van der Waals surface area contributed by atoms with Crippen molar-refractivity contribution in [2.45, 2.75) is 24.5 Å². The van der Waals surface area contributed by atoms with Crippen molar-refractivity contribution in [1.29, 1.82) is 0 Å². The number of halogens is 1. The molecule has 0 saturated heterocycles. The van der Waals surface area contributed by atoms with Crippen LogP contribution in [0.2, 0.25) is 5.02 Å². The quantitative estimate of drug-likeness (QED) is 0.805. The van der Waals surface area contributed by atoms with Crippen LogP contribution in [0.5, 0.6) is 0 Å². The van der Waals surface area contributed by atoms with Gasteiger partial charge in [0.1, 0.15) is 4.75 Å². The molecule has 3 N–H and O–H groups in total. The van der Waals surface area contributed by atoms with E-state index in [2.05, 4.69) is 0 Å². The second-order valence-corrected chi connectivity index (χ2v) is 6.56. The fourth-order valence-corrected chi connectivity index (χ4v) is 2.24. The maximum Gasteiger partial charge on any atom is 0.271 e. The predicted octanol–water partition coefficient (Wildman–Crippen LogP) is 1.88. The Balaban J connectivity index is 2.83. The molecular weight excluding hydrogens is 262 g/mol. The highest BCUT2D eigenvalue weighted by molar-refractivity contribution is 7.87. The van der Waals surface area contributed by atoms with Gasteiger partial charge in [-0.15, -0.1) is 0 Å². The summed E-state index contributed by atoms with van der Waals surface area (Å²) in [6, 6.07) is 7.19. The first-order chi connectivity index (χ1) is 7.80. The summed E-state index contributed by atoms with van der Waals surface area (Å²) in [5.41, 5.74) is 6.27. The van der Waals surface area contributed by atoms with Gasteiger partial charge >= 0.3 is 0 Å². The van der Waals surface area contributed by atoms with Crippen LogP contribution in [0.4, 0.5) is 0 Å². The van der Waals surface area contributed by atoms with Gasteiger partial charge in [-0.2, -0.15) is 8.42 Å². The van der Waals surface area contributed by atoms with Crippen LogP contribution in [0.3, 0.4) is 0 Å². The summed E-state index contributed by atoms with van der Waals surface area (Å²) >= 11 is 5.97. The Kier molecular flexibility index (Phi) is 4.55. The fourth-order valence-electron chi connectivity index (χ4n) is 1.44. The van der Waals surface area contributed by atoms with Gasteiger partial charge < -0.3 is 5.73 Å². The molecule has 6 heteroatoms. The van der Waals surface area contributed by atoms with Gasteiger partial charge in [0.25, 0.3) is 10.1 Å². The van der Waals surface area contributed by atoms with Gasteiger partial charge in [-0.05, 0) is 31.4 Å². The lowest BCUT2D eigenvalue weighted by Gasteiger charge is -2.24. The third-order valence-corrected chi connectivity index (χ3v) is 4.92. The van der Waals surface area contributed by atoms with Crippen molar-refractivity contribution < 1.29 is 13.0 Å². The molecule has 0 aliphatic rings. The monoisotopic (exact) mass is 277 g/mol. The highest BCUT2D eigenvalue weighted by atomic mass is 35.5. The highest BCUT2D eigenvalue weighted by Gasteiger charge is 2.36. The summed E-state index contributed by atoms with van der Waals surface area (Å²) < 4.78 is 30.3. The summed E-state index contributed by atoms with van der Waals surface area (Å²) in [5, 5.41) is 0.585. The maximum absolute atomic E-state index is 11.2. The van der Waals surface area contributed by atoms with E-state index >= 15 is 0 Å². The van der Waals surface area contributed by atoms with Crippen LogP contribution in [0.15, 0.2) is 24.3 Å². The van der Waals surface area contributed by atoms with E-state index in [1.54, 1.807) is 12.1 Å². The zero-order valence-corrected chi connectivity index (χ0v) is 11.1. The first-order valence-electron chi connectivity index (χ1n) is 5.21. The number of nitrogens with two attached hydrogens (primary N) is 1. The van der Waals surface area contributed by atoms with Crippen molar-refractivity contribution in [2.24, 2.45) is 5.73 Å². The van der Waals surface area contributed by atoms with Gasteiger partial charge in [-0.1, -0.05) is 29.8 Å².